The van der Waals surface area contributed by atoms with E-state index < -0.39 is 11.9 Å². The molecule has 0 aliphatic heterocycles. The van der Waals surface area contributed by atoms with Crippen LogP contribution < -0.4 is 0 Å². The quantitative estimate of drug-likeness (QED) is 0.836. The molecule has 0 aliphatic carbocycles. The number of hydrogen-bond donors (Lipinski definition) is 1. The van der Waals surface area contributed by atoms with E-state index in [2.05, 4.69) is 9.97 Å². The van der Waals surface area contributed by atoms with Gasteiger partial charge in [0.05, 0.1) is 12.1 Å². The minimum Gasteiger partial charge on any atom is -0.481 e. The fourth-order valence-corrected chi connectivity index (χ4v) is 2.47. The van der Waals surface area contributed by atoms with Crippen LogP contribution >= 0.6 is 11.8 Å². The van der Waals surface area contributed by atoms with Gasteiger partial charge in [0.2, 0.25) is 0 Å². The first-order valence-electron chi connectivity index (χ1n) is 5.44. The highest BCUT2D eigenvalue weighted by atomic mass is 32.2. The molecule has 1 aromatic heterocycles. The Bertz CT molecular complexity index is 505. The van der Waals surface area contributed by atoms with E-state index in [1.807, 2.05) is 30.3 Å². The van der Waals surface area contributed by atoms with Crippen LogP contribution in [0, 0.1) is 0 Å². The molecule has 0 bridgehead atoms. The van der Waals surface area contributed by atoms with Crippen LogP contribution in [0.1, 0.15) is 11.5 Å². The van der Waals surface area contributed by atoms with Gasteiger partial charge in [-0.25, -0.2) is 4.98 Å². The summed E-state index contributed by atoms with van der Waals surface area (Å²) < 4.78 is 0. The summed E-state index contributed by atoms with van der Waals surface area (Å²) in [5.74, 6) is -0.909. The summed E-state index contributed by atoms with van der Waals surface area (Å²) in [5.41, 5.74) is 0.807. The number of rotatable bonds is 5. The number of thioether (sulfide) groups is 1. The third-order valence-corrected chi connectivity index (χ3v) is 3.44. The highest BCUT2D eigenvalue weighted by molar-refractivity contribution is 7.99. The Morgan fingerprint density at radius 1 is 1.28 bits per heavy atom. The SMILES string of the molecule is O=C(O)C(CSc1cnccn1)c1ccccc1. The van der Waals surface area contributed by atoms with Crippen molar-refractivity contribution in [2.45, 2.75) is 10.9 Å². The van der Waals surface area contributed by atoms with E-state index in [0.717, 1.165) is 10.6 Å². The second-order valence-corrected chi connectivity index (χ2v) is 4.70. The summed E-state index contributed by atoms with van der Waals surface area (Å²) in [5, 5.41) is 9.99. The van der Waals surface area contributed by atoms with Crippen LogP contribution in [0.4, 0.5) is 0 Å². The molecule has 1 aromatic carbocycles. The van der Waals surface area contributed by atoms with Gasteiger partial charge in [0.25, 0.3) is 0 Å². The Morgan fingerprint density at radius 3 is 2.67 bits per heavy atom. The molecule has 0 saturated heterocycles. The first kappa shape index (κ1) is 12.6. The van der Waals surface area contributed by atoms with Crippen molar-refractivity contribution >= 4 is 17.7 Å². The Hall–Kier alpha value is -1.88. The molecule has 2 aromatic rings. The van der Waals surface area contributed by atoms with Crippen molar-refractivity contribution in [3.63, 3.8) is 0 Å². The number of carboxylic acids is 1. The van der Waals surface area contributed by atoms with Crippen molar-refractivity contribution in [3.05, 3.63) is 54.5 Å². The third-order valence-electron chi connectivity index (χ3n) is 2.44. The molecular formula is C13H12N2O2S. The Kier molecular flexibility index (Phi) is 4.30. The molecule has 1 N–H and O–H groups in total. The number of carboxylic acid groups (broad SMARTS) is 1. The Morgan fingerprint density at radius 2 is 2.06 bits per heavy atom. The molecule has 4 nitrogen and oxygen atoms in total. The zero-order valence-corrected chi connectivity index (χ0v) is 10.4. The van der Waals surface area contributed by atoms with E-state index in [0.29, 0.717) is 5.75 Å². The van der Waals surface area contributed by atoms with Crippen LogP contribution in [0.5, 0.6) is 0 Å². The minimum atomic E-state index is -0.822. The van der Waals surface area contributed by atoms with Crippen LogP contribution in [0.15, 0.2) is 53.9 Å². The van der Waals surface area contributed by atoms with E-state index in [9.17, 15) is 9.90 Å². The largest absolute Gasteiger partial charge is 0.481 e. The number of carbonyl (C=O) groups is 1. The van der Waals surface area contributed by atoms with E-state index in [1.165, 1.54) is 11.8 Å². The zero-order valence-electron chi connectivity index (χ0n) is 9.56. The second-order valence-electron chi connectivity index (χ2n) is 3.66. The standard InChI is InChI=1S/C13H12N2O2S/c16-13(17)11(10-4-2-1-3-5-10)9-18-12-8-14-6-7-15-12/h1-8,11H,9H2,(H,16,17). The van der Waals surface area contributed by atoms with E-state index >= 15 is 0 Å². The fourth-order valence-electron chi connectivity index (χ4n) is 1.52. The molecule has 1 atom stereocenters. The fraction of sp³-hybridized carbons (Fsp3) is 0.154. The highest BCUT2D eigenvalue weighted by Crippen LogP contribution is 2.24. The minimum absolute atomic E-state index is 0.443. The lowest BCUT2D eigenvalue weighted by Gasteiger charge is -2.11. The lowest BCUT2D eigenvalue weighted by atomic mass is 10.0. The number of aliphatic carboxylic acids is 1. The van der Waals surface area contributed by atoms with Crippen molar-refractivity contribution in [2.24, 2.45) is 0 Å². The van der Waals surface area contributed by atoms with Gasteiger partial charge in [0, 0.05) is 18.1 Å². The molecule has 0 spiro atoms. The van der Waals surface area contributed by atoms with Gasteiger partial charge in [-0.05, 0) is 5.56 Å². The van der Waals surface area contributed by atoms with Gasteiger partial charge in [0.1, 0.15) is 5.03 Å². The van der Waals surface area contributed by atoms with E-state index in [-0.39, 0.29) is 0 Å². The van der Waals surface area contributed by atoms with Crippen LogP contribution in [-0.4, -0.2) is 26.8 Å². The predicted molar refractivity (Wildman–Crippen MR) is 69.6 cm³/mol. The molecule has 1 unspecified atom stereocenters. The summed E-state index contributed by atoms with van der Waals surface area (Å²) in [6, 6.07) is 9.22. The van der Waals surface area contributed by atoms with Crippen molar-refractivity contribution in [1.29, 1.82) is 0 Å². The molecule has 92 valence electrons. The maximum absolute atomic E-state index is 11.3. The van der Waals surface area contributed by atoms with Gasteiger partial charge >= 0.3 is 5.97 Å². The number of nitrogens with zero attached hydrogens (tertiary/aromatic N) is 2. The summed E-state index contributed by atoms with van der Waals surface area (Å²) in [7, 11) is 0. The summed E-state index contributed by atoms with van der Waals surface area (Å²) in [6.45, 7) is 0. The molecule has 0 radical (unpaired) electrons. The van der Waals surface area contributed by atoms with Crippen molar-refractivity contribution in [2.75, 3.05) is 5.75 Å². The lowest BCUT2D eigenvalue weighted by Crippen LogP contribution is -2.14. The number of benzene rings is 1. The highest BCUT2D eigenvalue weighted by Gasteiger charge is 2.19. The smallest absolute Gasteiger partial charge is 0.311 e. The molecule has 5 heteroatoms. The molecule has 0 aliphatic rings. The van der Waals surface area contributed by atoms with Crippen LogP contribution in [0.25, 0.3) is 0 Å². The molecule has 0 saturated carbocycles. The topological polar surface area (TPSA) is 63.1 Å². The van der Waals surface area contributed by atoms with Crippen LogP contribution in [0.3, 0.4) is 0 Å². The maximum Gasteiger partial charge on any atom is 0.311 e. The third kappa shape index (κ3) is 3.30. The van der Waals surface area contributed by atoms with Gasteiger partial charge in [0.15, 0.2) is 0 Å². The normalized spacial score (nSPS) is 12.0. The second kappa shape index (κ2) is 6.16. The maximum atomic E-state index is 11.3. The molecular weight excluding hydrogens is 248 g/mol. The van der Waals surface area contributed by atoms with Crippen LogP contribution in [0.2, 0.25) is 0 Å². The summed E-state index contributed by atoms with van der Waals surface area (Å²) in [6.07, 6.45) is 4.82. The molecule has 0 amide bonds. The van der Waals surface area contributed by atoms with Gasteiger partial charge < -0.3 is 5.11 Å². The van der Waals surface area contributed by atoms with Gasteiger partial charge in [-0.3, -0.25) is 9.78 Å². The average molecular weight is 260 g/mol. The molecule has 2 rings (SSSR count). The summed E-state index contributed by atoms with van der Waals surface area (Å²) in [4.78, 5) is 19.3. The van der Waals surface area contributed by atoms with Crippen LogP contribution in [-0.2, 0) is 4.79 Å². The average Bonchev–Trinajstić information content (AvgIpc) is 2.41. The Labute approximate surface area is 109 Å². The zero-order chi connectivity index (χ0) is 12.8. The molecule has 1 heterocycles. The molecule has 18 heavy (non-hydrogen) atoms. The van der Waals surface area contributed by atoms with Gasteiger partial charge in [-0.15, -0.1) is 11.8 Å². The van der Waals surface area contributed by atoms with Crippen molar-refractivity contribution < 1.29 is 9.90 Å². The Balaban J connectivity index is 2.06. The van der Waals surface area contributed by atoms with Crippen molar-refractivity contribution in [3.8, 4) is 0 Å². The van der Waals surface area contributed by atoms with Gasteiger partial charge in [-0.2, -0.15) is 0 Å². The monoisotopic (exact) mass is 260 g/mol. The first-order valence-corrected chi connectivity index (χ1v) is 6.42. The molecule has 0 fully saturated rings. The van der Waals surface area contributed by atoms with E-state index in [4.69, 9.17) is 0 Å². The lowest BCUT2D eigenvalue weighted by molar-refractivity contribution is -0.138. The number of aromatic nitrogens is 2. The first-order chi connectivity index (χ1) is 8.77. The van der Waals surface area contributed by atoms with Gasteiger partial charge in [-0.1, -0.05) is 30.3 Å². The predicted octanol–water partition coefficient (Wildman–Crippen LogP) is 2.44. The van der Waals surface area contributed by atoms with E-state index in [1.54, 1.807) is 18.6 Å². The summed E-state index contributed by atoms with van der Waals surface area (Å²) >= 11 is 1.40. The number of hydrogen-bond acceptors (Lipinski definition) is 4. The van der Waals surface area contributed by atoms with Crippen molar-refractivity contribution in [1.82, 2.24) is 9.97 Å².